The number of hydrazone groups is 1. The van der Waals surface area contributed by atoms with Crippen molar-refractivity contribution >= 4 is 55.4 Å². The molecule has 0 saturated carbocycles. The maximum atomic E-state index is 13.4. The molecule has 0 atom stereocenters. The number of anilines is 1. The van der Waals surface area contributed by atoms with E-state index < -0.39 is 22.5 Å². The van der Waals surface area contributed by atoms with Crippen molar-refractivity contribution in [2.75, 3.05) is 18.0 Å². The topological polar surface area (TPSA) is 108 Å². The van der Waals surface area contributed by atoms with Gasteiger partial charge < -0.3 is 9.84 Å². The van der Waals surface area contributed by atoms with E-state index in [9.17, 15) is 18.3 Å². The molecule has 34 heavy (non-hydrogen) atoms. The Morgan fingerprint density at radius 3 is 2.59 bits per heavy atom. The second-order valence-corrected chi connectivity index (χ2v) is 10.2. The quantitative estimate of drug-likeness (QED) is 0.309. The van der Waals surface area contributed by atoms with Crippen molar-refractivity contribution in [2.45, 2.75) is 11.8 Å². The van der Waals surface area contributed by atoms with Crippen molar-refractivity contribution in [2.24, 2.45) is 5.10 Å². The van der Waals surface area contributed by atoms with Gasteiger partial charge in [-0.05, 0) is 70.4 Å². The summed E-state index contributed by atoms with van der Waals surface area (Å²) >= 11 is 9.42. The van der Waals surface area contributed by atoms with Crippen LogP contribution in [-0.4, -0.2) is 39.3 Å². The number of aromatic hydroxyl groups is 1. The standard InChI is InChI=1S/C23H21BrClN3O5S/c1-15-19(25)9-6-10-20(15)28(34(31,32)17-7-4-3-5-8-17)14-22(29)27-26-13-16-11-18(24)23(30)21(12-16)33-2/h3-13,30H,14H2,1-2H3,(H,27,29)/b26-13+. The maximum absolute atomic E-state index is 13.4. The summed E-state index contributed by atoms with van der Waals surface area (Å²) in [6.45, 7) is 1.15. The second-order valence-electron chi connectivity index (χ2n) is 7.06. The molecule has 0 aliphatic rings. The van der Waals surface area contributed by atoms with Crippen LogP contribution in [0, 0.1) is 6.92 Å². The molecule has 8 nitrogen and oxygen atoms in total. The van der Waals surface area contributed by atoms with Crippen molar-refractivity contribution in [1.29, 1.82) is 0 Å². The van der Waals surface area contributed by atoms with Gasteiger partial charge in [0.1, 0.15) is 6.54 Å². The summed E-state index contributed by atoms with van der Waals surface area (Å²) in [6, 6.07) is 15.8. The van der Waals surface area contributed by atoms with Crippen LogP contribution in [0.1, 0.15) is 11.1 Å². The van der Waals surface area contributed by atoms with E-state index in [2.05, 4.69) is 26.5 Å². The lowest BCUT2D eigenvalue weighted by Gasteiger charge is -2.25. The molecule has 0 spiro atoms. The van der Waals surface area contributed by atoms with Crippen LogP contribution in [0.3, 0.4) is 0 Å². The highest BCUT2D eigenvalue weighted by Gasteiger charge is 2.28. The first-order valence-corrected chi connectivity index (χ1v) is 12.5. The van der Waals surface area contributed by atoms with Crippen LogP contribution in [-0.2, 0) is 14.8 Å². The fraction of sp³-hybridized carbons (Fsp3) is 0.130. The molecule has 3 aromatic carbocycles. The average Bonchev–Trinajstić information content (AvgIpc) is 2.82. The number of hydrogen-bond donors (Lipinski definition) is 2. The van der Waals surface area contributed by atoms with Crippen LogP contribution in [0.5, 0.6) is 11.5 Å². The van der Waals surface area contributed by atoms with E-state index in [1.807, 2.05) is 0 Å². The van der Waals surface area contributed by atoms with Gasteiger partial charge in [0, 0.05) is 5.02 Å². The normalized spacial score (nSPS) is 11.4. The van der Waals surface area contributed by atoms with Crippen LogP contribution in [0.4, 0.5) is 5.69 Å². The minimum Gasteiger partial charge on any atom is -0.503 e. The van der Waals surface area contributed by atoms with Crippen LogP contribution < -0.4 is 14.5 Å². The Bertz CT molecular complexity index is 1330. The number of hydrogen-bond acceptors (Lipinski definition) is 6. The third-order valence-electron chi connectivity index (χ3n) is 4.80. The molecule has 1 amide bonds. The number of carbonyl (C=O) groups is 1. The van der Waals surface area contributed by atoms with Crippen LogP contribution in [0.2, 0.25) is 5.02 Å². The van der Waals surface area contributed by atoms with Gasteiger partial charge in [0.25, 0.3) is 15.9 Å². The predicted octanol–water partition coefficient (Wildman–Crippen LogP) is 4.47. The second kappa shape index (κ2) is 10.9. The highest BCUT2D eigenvalue weighted by molar-refractivity contribution is 9.10. The van der Waals surface area contributed by atoms with E-state index >= 15 is 0 Å². The summed E-state index contributed by atoms with van der Waals surface area (Å²) < 4.78 is 33.2. The molecular formula is C23H21BrClN3O5S. The van der Waals surface area contributed by atoms with Crippen LogP contribution in [0.25, 0.3) is 0 Å². The summed E-state index contributed by atoms with van der Waals surface area (Å²) in [5.41, 5.74) is 3.66. The number of carbonyl (C=O) groups excluding carboxylic acids is 1. The summed E-state index contributed by atoms with van der Waals surface area (Å²) in [6.07, 6.45) is 1.34. The van der Waals surface area contributed by atoms with E-state index in [-0.39, 0.29) is 22.1 Å². The first-order chi connectivity index (χ1) is 16.1. The van der Waals surface area contributed by atoms with Crippen LogP contribution in [0.15, 0.2) is 75.1 Å². The molecule has 0 heterocycles. The number of methoxy groups -OCH3 is 1. The summed E-state index contributed by atoms with van der Waals surface area (Å²) in [4.78, 5) is 12.7. The number of ether oxygens (including phenoxy) is 1. The van der Waals surface area contributed by atoms with E-state index in [0.29, 0.717) is 20.6 Å². The molecule has 3 rings (SSSR count). The number of phenolic OH excluding ortho intramolecular Hbond substituents is 1. The molecule has 0 fully saturated rings. The lowest BCUT2D eigenvalue weighted by molar-refractivity contribution is -0.119. The van der Waals surface area contributed by atoms with Gasteiger partial charge >= 0.3 is 0 Å². The number of amides is 1. The highest BCUT2D eigenvalue weighted by Crippen LogP contribution is 2.34. The number of nitrogens with zero attached hydrogens (tertiary/aromatic N) is 2. The van der Waals surface area contributed by atoms with Gasteiger partial charge in [-0.2, -0.15) is 5.10 Å². The number of nitrogens with one attached hydrogen (secondary N) is 1. The minimum atomic E-state index is -4.07. The highest BCUT2D eigenvalue weighted by atomic mass is 79.9. The van der Waals surface area contributed by atoms with Gasteiger partial charge in [0.05, 0.1) is 28.4 Å². The van der Waals surface area contributed by atoms with Crippen molar-refractivity contribution in [1.82, 2.24) is 5.43 Å². The number of benzene rings is 3. The summed E-state index contributed by atoms with van der Waals surface area (Å²) in [5, 5.41) is 14.2. The molecule has 0 aliphatic heterocycles. The minimum absolute atomic E-state index is 0.0340. The Balaban J connectivity index is 1.87. The lowest BCUT2D eigenvalue weighted by Crippen LogP contribution is -2.40. The zero-order valence-corrected chi connectivity index (χ0v) is 21.4. The zero-order chi connectivity index (χ0) is 24.9. The Morgan fingerprint density at radius 2 is 1.91 bits per heavy atom. The molecule has 2 N–H and O–H groups in total. The number of rotatable bonds is 8. The molecule has 0 saturated heterocycles. The molecule has 0 aliphatic carbocycles. The molecule has 0 aromatic heterocycles. The van der Waals surface area contributed by atoms with E-state index in [1.165, 1.54) is 31.5 Å². The zero-order valence-electron chi connectivity index (χ0n) is 18.2. The van der Waals surface area contributed by atoms with E-state index in [1.54, 1.807) is 49.4 Å². The Morgan fingerprint density at radius 1 is 1.21 bits per heavy atom. The molecule has 0 unspecified atom stereocenters. The third kappa shape index (κ3) is 5.69. The van der Waals surface area contributed by atoms with Gasteiger partial charge in [-0.25, -0.2) is 13.8 Å². The van der Waals surface area contributed by atoms with E-state index in [0.717, 1.165) is 4.31 Å². The summed E-state index contributed by atoms with van der Waals surface area (Å²) in [5.74, 6) is -0.513. The fourth-order valence-electron chi connectivity index (χ4n) is 3.05. The number of halogens is 2. The SMILES string of the molecule is COc1cc(/C=N/NC(=O)CN(c2cccc(Cl)c2C)S(=O)(=O)c2ccccc2)cc(Br)c1O. The first-order valence-electron chi connectivity index (χ1n) is 9.86. The van der Waals surface area contributed by atoms with Crippen molar-refractivity contribution in [3.63, 3.8) is 0 Å². The van der Waals surface area contributed by atoms with Crippen molar-refractivity contribution < 1.29 is 23.1 Å². The Hall–Kier alpha value is -3.08. The molecule has 3 aromatic rings. The number of phenols is 1. The van der Waals surface area contributed by atoms with Gasteiger partial charge in [-0.15, -0.1) is 0 Å². The van der Waals surface area contributed by atoms with Gasteiger partial charge in [-0.3, -0.25) is 9.10 Å². The maximum Gasteiger partial charge on any atom is 0.264 e. The Kier molecular flexibility index (Phi) is 8.19. The molecule has 0 radical (unpaired) electrons. The smallest absolute Gasteiger partial charge is 0.264 e. The van der Waals surface area contributed by atoms with Crippen molar-refractivity contribution in [3.05, 3.63) is 81.3 Å². The van der Waals surface area contributed by atoms with E-state index in [4.69, 9.17) is 16.3 Å². The Labute approximate surface area is 211 Å². The van der Waals surface area contributed by atoms with Gasteiger partial charge in [0.15, 0.2) is 11.5 Å². The number of sulfonamides is 1. The fourth-order valence-corrected chi connectivity index (χ4v) is 5.18. The third-order valence-corrected chi connectivity index (χ3v) is 7.59. The predicted molar refractivity (Wildman–Crippen MR) is 135 cm³/mol. The molecule has 0 bridgehead atoms. The first kappa shape index (κ1) is 25.5. The monoisotopic (exact) mass is 565 g/mol. The molecular weight excluding hydrogens is 546 g/mol. The van der Waals surface area contributed by atoms with Gasteiger partial charge in [-0.1, -0.05) is 35.9 Å². The lowest BCUT2D eigenvalue weighted by atomic mass is 10.2. The van der Waals surface area contributed by atoms with Crippen LogP contribution >= 0.6 is 27.5 Å². The van der Waals surface area contributed by atoms with Gasteiger partial charge in [0.2, 0.25) is 0 Å². The summed E-state index contributed by atoms with van der Waals surface area (Å²) in [7, 11) is -2.67. The molecule has 11 heteroatoms. The average molecular weight is 567 g/mol. The molecule has 178 valence electrons. The van der Waals surface area contributed by atoms with Crippen molar-refractivity contribution in [3.8, 4) is 11.5 Å². The largest absolute Gasteiger partial charge is 0.503 e.